The van der Waals surface area contributed by atoms with Crippen molar-refractivity contribution in [2.75, 3.05) is 7.11 Å². The second kappa shape index (κ2) is 5.30. The van der Waals surface area contributed by atoms with Gasteiger partial charge in [-0.2, -0.15) is 0 Å². The number of ether oxygens (including phenoxy) is 1. The monoisotopic (exact) mass is 230 g/mol. The van der Waals surface area contributed by atoms with Crippen LogP contribution in [-0.2, 0) is 11.2 Å². The number of aromatic nitrogens is 1. The average molecular weight is 230 g/mol. The fraction of sp³-hybridized carbons (Fsp3) is 0.154. The number of nitrogens with zero attached hydrogens (tertiary/aromatic N) is 1. The van der Waals surface area contributed by atoms with Crippen LogP contribution in [0.25, 0.3) is 0 Å². The van der Waals surface area contributed by atoms with Gasteiger partial charge in [-0.1, -0.05) is 30.3 Å². The first kappa shape index (κ1) is 11.4. The first-order chi connectivity index (χ1) is 8.31. The van der Waals surface area contributed by atoms with Crippen molar-refractivity contribution in [3.63, 3.8) is 0 Å². The molecule has 17 heavy (non-hydrogen) atoms. The fourth-order valence-electron chi connectivity index (χ4n) is 1.47. The van der Waals surface area contributed by atoms with Crippen LogP contribution >= 0.6 is 0 Å². The summed E-state index contributed by atoms with van der Waals surface area (Å²) < 4.78 is 9.75. The van der Waals surface area contributed by atoms with Gasteiger partial charge in [-0.05, 0) is 12.0 Å². The van der Waals surface area contributed by atoms with Crippen LogP contribution in [0.3, 0.4) is 0 Å². The van der Waals surface area contributed by atoms with Crippen LogP contribution in [0.1, 0.15) is 21.8 Å². The number of methoxy groups -OCH3 is 1. The van der Waals surface area contributed by atoms with E-state index < -0.39 is 5.97 Å². The molecule has 0 bridgehead atoms. The Labute approximate surface area is 99.2 Å². The zero-order chi connectivity index (χ0) is 12.1. The second-order valence-corrected chi connectivity index (χ2v) is 3.45. The maximum absolute atomic E-state index is 11.3. The molecular formula is C13H12NO3. The number of carbonyl (C=O) groups is 1. The highest BCUT2D eigenvalue weighted by atomic mass is 16.5. The van der Waals surface area contributed by atoms with Crippen LogP contribution in [0.4, 0.5) is 0 Å². The summed E-state index contributed by atoms with van der Waals surface area (Å²) in [6, 6.07) is 9.89. The Morgan fingerprint density at radius 1 is 1.41 bits per heavy atom. The topological polar surface area (TPSA) is 52.3 Å². The predicted molar refractivity (Wildman–Crippen MR) is 61.4 cm³/mol. The zero-order valence-corrected chi connectivity index (χ0v) is 9.42. The van der Waals surface area contributed by atoms with Gasteiger partial charge in [-0.15, -0.1) is 0 Å². The summed E-state index contributed by atoms with van der Waals surface area (Å²) in [5.41, 5.74) is 1.35. The van der Waals surface area contributed by atoms with Crippen LogP contribution in [0.15, 0.2) is 41.1 Å². The van der Waals surface area contributed by atoms with Crippen LogP contribution in [0, 0.1) is 6.42 Å². The summed E-state index contributed by atoms with van der Waals surface area (Å²) in [6.45, 7) is 0. The summed E-state index contributed by atoms with van der Waals surface area (Å²) in [4.78, 5) is 15.2. The smallest absolute Gasteiger partial charge is 0.360 e. The van der Waals surface area contributed by atoms with Crippen LogP contribution in [0.2, 0.25) is 0 Å². The highest BCUT2D eigenvalue weighted by molar-refractivity contribution is 5.88. The Bertz CT molecular complexity index is 490. The van der Waals surface area contributed by atoms with E-state index in [0.717, 1.165) is 5.56 Å². The van der Waals surface area contributed by atoms with E-state index in [1.54, 1.807) is 0 Å². The number of hydrogen-bond acceptors (Lipinski definition) is 4. The van der Waals surface area contributed by atoms with E-state index in [4.69, 9.17) is 4.42 Å². The van der Waals surface area contributed by atoms with Crippen LogP contribution in [-0.4, -0.2) is 18.1 Å². The van der Waals surface area contributed by atoms with Gasteiger partial charge in [-0.25, -0.2) is 9.78 Å². The number of benzene rings is 1. The molecule has 0 amide bonds. The van der Waals surface area contributed by atoms with E-state index in [9.17, 15) is 4.79 Å². The number of hydrogen-bond donors (Lipinski definition) is 0. The van der Waals surface area contributed by atoms with Crippen molar-refractivity contribution in [2.45, 2.75) is 6.42 Å². The van der Waals surface area contributed by atoms with E-state index in [-0.39, 0.29) is 5.69 Å². The molecule has 0 spiro atoms. The molecule has 2 rings (SSSR count). The van der Waals surface area contributed by atoms with E-state index >= 15 is 0 Å². The van der Waals surface area contributed by atoms with E-state index in [1.165, 1.54) is 13.5 Å². The Hall–Kier alpha value is -2.10. The van der Waals surface area contributed by atoms with Gasteiger partial charge in [0, 0.05) is 6.42 Å². The molecule has 1 radical (unpaired) electrons. The Morgan fingerprint density at radius 2 is 2.18 bits per heavy atom. The summed E-state index contributed by atoms with van der Waals surface area (Å²) >= 11 is 0. The molecule has 0 atom stereocenters. The molecular weight excluding hydrogens is 218 g/mol. The molecule has 1 heterocycles. The van der Waals surface area contributed by atoms with Gasteiger partial charge in [-0.3, -0.25) is 0 Å². The van der Waals surface area contributed by atoms with Gasteiger partial charge in [0.2, 0.25) is 0 Å². The summed E-state index contributed by atoms with van der Waals surface area (Å²) in [6.07, 6.45) is 3.73. The third kappa shape index (κ3) is 2.72. The van der Waals surface area contributed by atoms with Crippen molar-refractivity contribution in [2.24, 2.45) is 0 Å². The maximum atomic E-state index is 11.3. The number of carbonyl (C=O) groups excluding carboxylic acids is 1. The molecule has 0 aliphatic heterocycles. The molecule has 0 fully saturated rings. The zero-order valence-electron chi connectivity index (χ0n) is 9.42. The molecule has 0 saturated heterocycles. The van der Waals surface area contributed by atoms with Crippen molar-refractivity contribution >= 4 is 5.97 Å². The molecule has 4 heteroatoms. The molecule has 4 nitrogen and oxygen atoms in total. The summed E-state index contributed by atoms with van der Waals surface area (Å²) in [5.74, 6) is -0.0428. The van der Waals surface area contributed by atoms with Crippen molar-refractivity contribution in [1.29, 1.82) is 0 Å². The molecule has 0 N–H and O–H groups in total. The van der Waals surface area contributed by atoms with E-state index in [1.807, 2.05) is 36.8 Å². The quantitative estimate of drug-likeness (QED) is 0.756. The van der Waals surface area contributed by atoms with E-state index in [2.05, 4.69) is 9.72 Å². The van der Waals surface area contributed by atoms with Gasteiger partial charge in [0.05, 0.1) is 7.11 Å². The second-order valence-electron chi connectivity index (χ2n) is 3.45. The van der Waals surface area contributed by atoms with Gasteiger partial charge < -0.3 is 9.15 Å². The van der Waals surface area contributed by atoms with Crippen molar-refractivity contribution < 1.29 is 13.9 Å². The molecule has 0 saturated carbocycles. The lowest BCUT2D eigenvalue weighted by Gasteiger charge is -2.00. The maximum Gasteiger partial charge on any atom is 0.360 e. The Kier molecular flexibility index (Phi) is 3.55. The Balaban J connectivity index is 2.05. The molecule has 87 valence electrons. The normalized spacial score (nSPS) is 10.2. The highest BCUT2D eigenvalue weighted by Gasteiger charge is 2.16. The standard InChI is InChI=1S/C13H12NO3/c1-16-13(15)12-11(17-9-14-12)8-7-10-5-3-2-4-6-10/h2-6,8-9H,7H2,1H3. The lowest BCUT2D eigenvalue weighted by atomic mass is 10.1. The predicted octanol–water partition coefficient (Wildman–Crippen LogP) is 2.26. The first-order valence-corrected chi connectivity index (χ1v) is 5.20. The number of rotatable bonds is 4. The van der Waals surface area contributed by atoms with Crippen LogP contribution < -0.4 is 0 Å². The van der Waals surface area contributed by atoms with Gasteiger partial charge in [0.1, 0.15) is 5.76 Å². The number of oxazole rings is 1. The minimum Gasteiger partial charge on any atom is -0.464 e. The molecule has 0 unspecified atom stereocenters. The first-order valence-electron chi connectivity index (χ1n) is 5.20. The lowest BCUT2D eigenvalue weighted by molar-refractivity contribution is 0.0593. The van der Waals surface area contributed by atoms with Gasteiger partial charge >= 0.3 is 5.97 Å². The Morgan fingerprint density at radius 3 is 2.88 bits per heavy atom. The molecule has 1 aromatic carbocycles. The third-order valence-electron chi connectivity index (χ3n) is 2.34. The van der Waals surface area contributed by atoms with Crippen LogP contribution in [0.5, 0.6) is 0 Å². The minimum absolute atomic E-state index is 0.212. The molecule has 2 aromatic rings. The van der Waals surface area contributed by atoms with E-state index in [0.29, 0.717) is 12.2 Å². The van der Waals surface area contributed by atoms with Crippen molar-refractivity contribution in [1.82, 2.24) is 4.98 Å². The lowest BCUT2D eigenvalue weighted by Crippen LogP contribution is -2.05. The number of esters is 1. The molecule has 0 aliphatic rings. The van der Waals surface area contributed by atoms with Gasteiger partial charge in [0.15, 0.2) is 12.1 Å². The third-order valence-corrected chi connectivity index (χ3v) is 2.34. The average Bonchev–Trinajstić information content (AvgIpc) is 2.85. The molecule has 0 aliphatic carbocycles. The largest absolute Gasteiger partial charge is 0.464 e. The fourth-order valence-corrected chi connectivity index (χ4v) is 1.47. The van der Waals surface area contributed by atoms with Crippen molar-refractivity contribution in [3.05, 3.63) is 60.2 Å². The summed E-state index contributed by atoms with van der Waals surface area (Å²) in [7, 11) is 1.32. The highest BCUT2D eigenvalue weighted by Crippen LogP contribution is 2.13. The van der Waals surface area contributed by atoms with Crippen molar-refractivity contribution in [3.8, 4) is 0 Å². The van der Waals surface area contributed by atoms with Gasteiger partial charge in [0.25, 0.3) is 0 Å². The SMILES string of the molecule is COC(=O)c1ncoc1[CH]Cc1ccccc1. The minimum atomic E-state index is -0.488. The molecule has 1 aromatic heterocycles. The summed E-state index contributed by atoms with van der Waals surface area (Å²) in [5, 5.41) is 0.